The number of ether oxygens (including phenoxy) is 1. The molecule has 0 aromatic rings. The van der Waals surface area contributed by atoms with Crippen LogP contribution in [0, 0.1) is 0 Å². The lowest BCUT2D eigenvalue weighted by Gasteiger charge is -2.08. The first kappa shape index (κ1) is 9.79. The molecule has 0 spiro atoms. The Morgan fingerprint density at radius 2 is 1.89 bits per heavy atom. The molecule has 55 valence electrons. The van der Waals surface area contributed by atoms with Gasteiger partial charge in [-0.3, -0.25) is 0 Å². The molecule has 9 heavy (non-hydrogen) atoms. The van der Waals surface area contributed by atoms with Gasteiger partial charge < -0.3 is 4.74 Å². The van der Waals surface area contributed by atoms with E-state index in [0.29, 0.717) is 0 Å². The smallest absolute Gasteiger partial charge is 0.192 e. The normalized spacial score (nSPS) is 12.0. The predicted molar refractivity (Wildman–Crippen MR) is 36.4 cm³/mol. The van der Waals surface area contributed by atoms with Crippen LogP contribution in [0.2, 0.25) is 0 Å². The van der Waals surface area contributed by atoms with Crippen molar-refractivity contribution in [3.63, 3.8) is 0 Å². The summed E-state index contributed by atoms with van der Waals surface area (Å²) in [4.78, 5) is 0. The lowest BCUT2D eigenvalue weighted by molar-refractivity contribution is -0.0439. The van der Waals surface area contributed by atoms with Crippen molar-refractivity contribution in [1.29, 1.82) is 0 Å². The van der Waals surface area contributed by atoms with Gasteiger partial charge in [-0.2, -0.15) is 0 Å². The van der Waals surface area contributed by atoms with Gasteiger partial charge in [-0.05, 0) is 0 Å². The largest absolute Gasteiger partial charge is 0.352 e. The van der Waals surface area contributed by atoms with E-state index in [4.69, 9.17) is 34.8 Å². The highest BCUT2D eigenvalue weighted by Gasteiger charge is 2.18. The van der Waals surface area contributed by atoms with E-state index in [-0.39, 0.29) is 13.0 Å². The van der Waals surface area contributed by atoms with E-state index in [1.165, 1.54) is 0 Å². The second kappa shape index (κ2) is 4.58. The quantitative estimate of drug-likeness (QED) is 0.383. The number of alkyl halides is 3. The first-order valence-electron chi connectivity index (χ1n) is 2.29. The maximum atomic E-state index is 9.66. The Labute approximate surface area is 68.7 Å². The lowest BCUT2D eigenvalue weighted by atomic mass is 10.5. The van der Waals surface area contributed by atoms with Crippen molar-refractivity contribution < 1.29 is 9.84 Å². The number of rotatable bonds is 3. The summed E-state index contributed by atoms with van der Waals surface area (Å²) < 4.78 is 3.10. The van der Waals surface area contributed by atoms with Gasteiger partial charge >= 0.3 is 0 Å². The summed E-state index contributed by atoms with van der Waals surface area (Å²) in [6.45, 7) is -0.388. The van der Waals surface area contributed by atoms with Gasteiger partial charge in [0.15, 0.2) is 10.6 Å². The molecule has 0 fully saturated rings. The molecule has 0 atom stereocenters. The lowest BCUT2D eigenvalue weighted by Crippen LogP contribution is -2.07. The third kappa shape index (κ3) is 8.79. The van der Waals surface area contributed by atoms with Crippen LogP contribution in [-0.2, 0) is 9.84 Å². The van der Waals surface area contributed by atoms with Gasteiger partial charge in [0.25, 0.3) is 0 Å². The first-order chi connectivity index (χ1) is 4.06. The third-order valence-corrected chi connectivity index (χ3v) is 1.18. The second-order valence-electron chi connectivity index (χ2n) is 1.39. The van der Waals surface area contributed by atoms with E-state index in [0.717, 1.165) is 0 Å². The molecule has 0 aliphatic heterocycles. The zero-order valence-corrected chi connectivity index (χ0v) is 6.84. The minimum Gasteiger partial charge on any atom is -0.352 e. The Balaban J connectivity index is 3.07. The van der Waals surface area contributed by atoms with Crippen LogP contribution in [0.3, 0.4) is 0 Å². The van der Waals surface area contributed by atoms with Crippen LogP contribution in [0.4, 0.5) is 0 Å². The highest BCUT2D eigenvalue weighted by atomic mass is 35.6. The molecule has 0 bridgehead atoms. The maximum absolute atomic E-state index is 9.66. The standard InChI is InChI=1S/C4H6Cl3O2/c5-4(6,7)1-2-9-3-8/h1-3H2. The fourth-order valence-corrected chi connectivity index (χ4v) is 0.478. The van der Waals surface area contributed by atoms with Crippen molar-refractivity contribution >= 4 is 34.8 Å². The van der Waals surface area contributed by atoms with Gasteiger partial charge in [0.2, 0.25) is 0 Å². The van der Waals surface area contributed by atoms with Gasteiger partial charge in [0, 0.05) is 6.42 Å². The molecule has 1 radical (unpaired) electrons. The monoisotopic (exact) mass is 191 g/mol. The molecule has 5 heteroatoms. The van der Waals surface area contributed by atoms with E-state index in [2.05, 4.69) is 4.74 Å². The second-order valence-corrected chi connectivity index (χ2v) is 3.91. The molecular formula is C4H6Cl3O2. The molecule has 0 aromatic carbocycles. The molecule has 0 heterocycles. The van der Waals surface area contributed by atoms with E-state index in [9.17, 15) is 5.11 Å². The molecule has 0 N–H and O–H groups in total. The highest BCUT2D eigenvalue weighted by molar-refractivity contribution is 6.67. The average molecular weight is 192 g/mol. The van der Waals surface area contributed by atoms with Crippen molar-refractivity contribution in [1.82, 2.24) is 0 Å². The third-order valence-electron chi connectivity index (χ3n) is 0.613. The van der Waals surface area contributed by atoms with Gasteiger partial charge in [-0.25, -0.2) is 5.11 Å². The number of hydrogen-bond donors (Lipinski definition) is 0. The van der Waals surface area contributed by atoms with Crippen molar-refractivity contribution in [2.45, 2.75) is 10.2 Å². The van der Waals surface area contributed by atoms with Crippen molar-refractivity contribution in [3.05, 3.63) is 0 Å². The molecule has 0 rings (SSSR count). The zero-order chi connectivity index (χ0) is 7.33. The maximum Gasteiger partial charge on any atom is 0.192 e. The minimum absolute atomic E-state index is 0.194. The Kier molecular flexibility index (Phi) is 4.98. The van der Waals surface area contributed by atoms with E-state index >= 15 is 0 Å². The van der Waals surface area contributed by atoms with Gasteiger partial charge in [0.1, 0.15) is 0 Å². The van der Waals surface area contributed by atoms with Crippen LogP contribution in [-0.4, -0.2) is 17.2 Å². The molecule has 0 saturated carbocycles. The summed E-state index contributed by atoms with van der Waals surface area (Å²) in [6, 6.07) is 0. The summed E-state index contributed by atoms with van der Waals surface area (Å²) >= 11 is 16.0. The summed E-state index contributed by atoms with van der Waals surface area (Å²) in [7, 11) is 0. The molecule has 0 aliphatic carbocycles. The summed E-state index contributed by atoms with van der Waals surface area (Å²) in [5.74, 6) is 0. The molecular weight excluding hydrogens is 186 g/mol. The van der Waals surface area contributed by atoms with Gasteiger partial charge in [0.05, 0.1) is 6.61 Å². The average Bonchev–Trinajstić information content (AvgIpc) is 1.63. The van der Waals surface area contributed by atoms with E-state index in [1.54, 1.807) is 0 Å². The van der Waals surface area contributed by atoms with Gasteiger partial charge in [-0.1, -0.05) is 34.8 Å². The predicted octanol–water partition coefficient (Wildman–Crippen LogP) is 2.15. The van der Waals surface area contributed by atoms with Crippen molar-refractivity contribution in [2.75, 3.05) is 13.4 Å². The van der Waals surface area contributed by atoms with Gasteiger partial charge in [-0.15, -0.1) is 0 Å². The molecule has 0 amide bonds. The highest BCUT2D eigenvalue weighted by Crippen LogP contribution is 2.29. The topological polar surface area (TPSA) is 29.1 Å². The Hall–Kier alpha value is 0.790. The Morgan fingerprint density at radius 1 is 1.33 bits per heavy atom. The van der Waals surface area contributed by atoms with Crippen molar-refractivity contribution in [2.24, 2.45) is 0 Å². The fourth-order valence-electron chi connectivity index (χ4n) is 0.247. The summed E-state index contributed by atoms with van der Waals surface area (Å²) in [5, 5.41) is 9.66. The summed E-state index contributed by atoms with van der Waals surface area (Å²) in [6.07, 6.45) is 0.250. The SMILES string of the molecule is [O]COCCC(Cl)(Cl)Cl. The molecule has 0 aromatic heterocycles. The first-order valence-corrected chi connectivity index (χ1v) is 3.42. The molecule has 2 nitrogen and oxygen atoms in total. The molecule has 0 saturated heterocycles. The van der Waals surface area contributed by atoms with Crippen LogP contribution in [0.5, 0.6) is 0 Å². The van der Waals surface area contributed by atoms with Crippen LogP contribution >= 0.6 is 34.8 Å². The Morgan fingerprint density at radius 3 is 2.22 bits per heavy atom. The van der Waals surface area contributed by atoms with Crippen LogP contribution in [0.1, 0.15) is 6.42 Å². The molecule has 0 unspecified atom stereocenters. The van der Waals surface area contributed by atoms with Crippen LogP contribution < -0.4 is 0 Å². The summed E-state index contributed by atoms with van der Waals surface area (Å²) in [5.41, 5.74) is 0. The zero-order valence-electron chi connectivity index (χ0n) is 4.57. The van der Waals surface area contributed by atoms with E-state index in [1.807, 2.05) is 0 Å². The number of hydrogen-bond acceptors (Lipinski definition) is 1. The van der Waals surface area contributed by atoms with Crippen molar-refractivity contribution in [3.8, 4) is 0 Å². The number of halogens is 3. The van der Waals surface area contributed by atoms with Crippen LogP contribution in [0.25, 0.3) is 0 Å². The minimum atomic E-state index is -1.30. The Bertz CT molecular complexity index is 70.7. The fraction of sp³-hybridized carbons (Fsp3) is 1.00. The van der Waals surface area contributed by atoms with Crippen LogP contribution in [0.15, 0.2) is 0 Å². The molecule has 0 aliphatic rings. The van der Waals surface area contributed by atoms with E-state index < -0.39 is 10.6 Å².